The predicted molar refractivity (Wildman–Crippen MR) is 75.0 cm³/mol. The van der Waals surface area contributed by atoms with Gasteiger partial charge in [-0.15, -0.1) is 0 Å². The Kier molecular flexibility index (Phi) is 5.50. The van der Waals surface area contributed by atoms with Gasteiger partial charge in [0.25, 0.3) is 0 Å². The minimum atomic E-state index is -0.604. The van der Waals surface area contributed by atoms with Crippen molar-refractivity contribution in [3.63, 3.8) is 0 Å². The Morgan fingerprint density at radius 3 is 2.95 bits per heavy atom. The summed E-state index contributed by atoms with van der Waals surface area (Å²) in [6, 6.07) is 3.07. The van der Waals surface area contributed by atoms with Gasteiger partial charge in [0.2, 0.25) is 0 Å². The number of nitrogens with one attached hydrogen (secondary N) is 2. The first-order chi connectivity index (χ1) is 10.1. The summed E-state index contributed by atoms with van der Waals surface area (Å²) >= 11 is 0. The highest BCUT2D eigenvalue weighted by molar-refractivity contribution is 5.74. The quantitative estimate of drug-likeness (QED) is 0.877. The van der Waals surface area contributed by atoms with E-state index >= 15 is 0 Å². The number of halogens is 2. The second-order valence-electron chi connectivity index (χ2n) is 5.23. The number of ether oxygens (including phenoxy) is 1. The SMILES string of the molecule is C[C@H](NC(=O)NCCc1ccc(F)cc1F)[C@H]1CCCO1. The van der Waals surface area contributed by atoms with Crippen LogP contribution in [0.4, 0.5) is 13.6 Å². The summed E-state index contributed by atoms with van der Waals surface area (Å²) in [6.45, 7) is 2.92. The van der Waals surface area contributed by atoms with Crippen LogP contribution in [-0.2, 0) is 11.2 Å². The number of hydrogen-bond acceptors (Lipinski definition) is 2. The fourth-order valence-electron chi connectivity index (χ4n) is 2.38. The zero-order valence-electron chi connectivity index (χ0n) is 12.0. The second-order valence-corrected chi connectivity index (χ2v) is 5.23. The third kappa shape index (κ3) is 4.67. The first kappa shape index (κ1) is 15.7. The lowest BCUT2D eigenvalue weighted by molar-refractivity contribution is 0.0860. The second kappa shape index (κ2) is 7.36. The highest BCUT2D eigenvalue weighted by atomic mass is 19.1. The van der Waals surface area contributed by atoms with Gasteiger partial charge in [-0.3, -0.25) is 0 Å². The summed E-state index contributed by atoms with van der Waals surface area (Å²) in [4.78, 5) is 11.7. The molecule has 0 radical (unpaired) electrons. The van der Waals surface area contributed by atoms with Crippen molar-refractivity contribution < 1.29 is 18.3 Å². The fraction of sp³-hybridized carbons (Fsp3) is 0.533. The maximum absolute atomic E-state index is 13.4. The largest absolute Gasteiger partial charge is 0.376 e. The minimum absolute atomic E-state index is 0.0601. The molecule has 2 atom stereocenters. The zero-order valence-corrected chi connectivity index (χ0v) is 12.0. The standard InChI is InChI=1S/C15H20F2N2O2/c1-10(14-3-2-8-21-14)19-15(20)18-7-6-11-4-5-12(16)9-13(11)17/h4-5,9-10,14H,2-3,6-8H2,1H3,(H2,18,19,20)/t10-,14+/m0/s1. The van der Waals surface area contributed by atoms with E-state index in [-0.39, 0.29) is 24.7 Å². The van der Waals surface area contributed by atoms with Gasteiger partial charge >= 0.3 is 6.03 Å². The Labute approximate surface area is 122 Å². The molecule has 21 heavy (non-hydrogen) atoms. The first-order valence-corrected chi connectivity index (χ1v) is 7.16. The number of benzene rings is 1. The van der Waals surface area contributed by atoms with Crippen LogP contribution in [0.2, 0.25) is 0 Å². The predicted octanol–water partition coefficient (Wildman–Crippen LogP) is 2.37. The molecule has 2 N–H and O–H groups in total. The molecule has 0 bridgehead atoms. The summed E-state index contributed by atoms with van der Waals surface area (Å²) in [5.41, 5.74) is 0.379. The molecule has 0 aliphatic carbocycles. The summed E-state index contributed by atoms with van der Waals surface area (Å²) in [5, 5.41) is 5.46. The number of carbonyl (C=O) groups is 1. The Morgan fingerprint density at radius 1 is 1.48 bits per heavy atom. The van der Waals surface area contributed by atoms with Crippen molar-refractivity contribution >= 4 is 6.03 Å². The maximum atomic E-state index is 13.4. The van der Waals surface area contributed by atoms with E-state index in [4.69, 9.17) is 4.74 Å². The Balaban J connectivity index is 1.71. The molecule has 0 saturated carbocycles. The molecule has 1 saturated heterocycles. The molecule has 1 aromatic carbocycles. The van der Waals surface area contributed by atoms with Crippen molar-refractivity contribution in [3.8, 4) is 0 Å². The van der Waals surface area contributed by atoms with Crippen molar-refractivity contribution in [2.45, 2.75) is 38.3 Å². The number of rotatable bonds is 5. The smallest absolute Gasteiger partial charge is 0.315 e. The zero-order chi connectivity index (χ0) is 15.2. The van der Waals surface area contributed by atoms with Crippen LogP contribution in [-0.4, -0.2) is 31.3 Å². The van der Waals surface area contributed by atoms with Crippen LogP contribution in [0.3, 0.4) is 0 Å². The van der Waals surface area contributed by atoms with Gasteiger partial charge < -0.3 is 15.4 Å². The van der Waals surface area contributed by atoms with E-state index in [0.29, 0.717) is 12.0 Å². The lowest BCUT2D eigenvalue weighted by atomic mass is 10.1. The molecule has 1 aliphatic heterocycles. The first-order valence-electron chi connectivity index (χ1n) is 7.16. The highest BCUT2D eigenvalue weighted by Gasteiger charge is 2.23. The minimum Gasteiger partial charge on any atom is -0.376 e. The van der Waals surface area contributed by atoms with Crippen LogP contribution in [0.15, 0.2) is 18.2 Å². The van der Waals surface area contributed by atoms with Crippen LogP contribution in [0.1, 0.15) is 25.3 Å². The highest BCUT2D eigenvalue weighted by Crippen LogP contribution is 2.15. The summed E-state index contributed by atoms with van der Waals surface area (Å²) < 4.78 is 31.7. The van der Waals surface area contributed by atoms with Crippen molar-refractivity contribution in [2.24, 2.45) is 0 Å². The number of carbonyl (C=O) groups excluding carboxylic acids is 1. The molecule has 1 fully saturated rings. The van der Waals surface area contributed by atoms with Gasteiger partial charge in [-0.05, 0) is 37.8 Å². The third-order valence-electron chi connectivity index (χ3n) is 3.58. The van der Waals surface area contributed by atoms with Crippen molar-refractivity contribution in [3.05, 3.63) is 35.4 Å². The summed E-state index contributed by atoms with van der Waals surface area (Å²) in [5.74, 6) is -1.20. The average Bonchev–Trinajstić information content (AvgIpc) is 2.95. The van der Waals surface area contributed by atoms with Crippen LogP contribution in [0.25, 0.3) is 0 Å². The topological polar surface area (TPSA) is 50.4 Å². The molecule has 6 heteroatoms. The number of urea groups is 1. The molecule has 1 heterocycles. The molecule has 1 aliphatic rings. The van der Waals surface area contributed by atoms with Gasteiger partial charge in [-0.1, -0.05) is 6.07 Å². The Hall–Kier alpha value is -1.69. The van der Waals surface area contributed by atoms with Gasteiger partial charge in [0.1, 0.15) is 11.6 Å². The fourth-order valence-corrected chi connectivity index (χ4v) is 2.38. The lowest BCUT2D eigenvalue weighted by Gasteiger charge is -2.20. The molecule has 2 rings (SSSR count). The van der Waals surface area contributed by atoms with Gasteiger partial charge in [-0.2, -0.15) is 0 Å². The van der Waals surface area contributed by atoms with Gasteiger partial charge in [0.05, 0.1) is 12.1 Å². The maximum Gasteiger partial charge on any atom is 0.315 e. The molecule has 1 aromatic rings. The third-order valence-corrected chi connectivity index (χ3v) is 3.58. The van der Waals surface area contributed by atoms with Crippen molar-refractivity contribution in [1.82, 2.24) is 10.6 Å². The number of amides is 2. The van der Waals surface area contributed by atoms with Crippen molar-refractivity contribution in [2.75, 3.05) is 13.2 Å². The Morgan fingerprint density at radius 2 is 2.29 bits per heavy atom. The van der Waals surface area contributed by atoms with Gasteiger partial charge in [0, 0.05) is 19.2 Å². The van der Waals surface area contributed by atoms with Crippen LogP contribution in [0.5, 0.6) is 0 Å². The van der Waals surface area contributed by atoms with Gasteiger partial charge in [0.15, 0.2) is 0 Å². The van der Waals surface area contributed by atoms with E-state index < -0.39 is 11.6 Å². The average molecular weight is 298 g/mol. The Bertz CT molecular complexity index is 491. The number of hydrogen-bond donors (Lipinski definition) is 2. The molecular weight excluding hydrogens is 278 g/mol. The van der Waals surface area contributed by atoms with Gasteiger partial charge in [-0.25, -0.2) is 13.6 Å². The normalized spacial score (nSPS) is 19.3. The summed E-state index contributed by atoms with van der Waals surface area (Å²) in [7, 11) is 0. The molecule has 116 valence electrons. The van der Waals surface area contributed by atoms with E-state index in [0.717, 1.165) is 25.5 Å². The van der Waals surface area contributed by atoms with E-state index in [1.807, 2.05) is 6.92 Å². The van der Waals surface area contributed by atoms with Crippen LogP contribution < -0.4 is 10.6 Å². The lowest BCUT2D eigenvalue weighted by Crippen LogP contribution is -2.46. The molecular formula is C15H20F2N2O2. The van der Waals surface area contributed by atoms with Crippen molar-refractivity contribution in [1.29, 1.82) is 0 Å². The van der Waals surface area contributed by atoms with E-state index in [9.17, 15) is 13.6 Å². The molecule has 4 nitrogen and oxygen atoms in total. The molecule has 0 spiro atoms. The van der Waals surface area contributed by atoms with E-state index in [2.05, 4.69) is 10.6 Å². The summed E-state index contributed by atoms with van der Waals surface area (Å²) in [6.07, 6.45) is 2.34. The van der Waals surface area contributed by atoms with E-state index in [1.165, 1.54) is 12.1 Å². The van der Waals surface area contributed by atoms with Crippen LogP contribution >= 0.6 is 0 Å². The van der Waals surface area contributed by atoms with E-state index in [1.54, 1.807) is 0 Å². The van der Waals surface area contributed by atoms with Crippen LogP contribution in [0, 0.1) is 11.6 Å². The molecule has 0 unspecified atom stereocenters. The molecule has 0 aromatic heterocycles. The monoisotopic (exact) mass is 298 g/mol. The molecule has 2 amide bonds.